The molecule has 26 heavy (non-hydrogen) atoms. The molecule has 2 aliphatic rings. The van der Waals surface area contributed by atoms with Gasteiger partial charge in [0.05, 0.1) is 11.9 Å². The lowest BCUT2D eigenvalue weighted by Gasteiger charge is -2.24. The van der Waals surface area contributed by atoms with E-state index in [-0.39, 0.29) is 5.91 Å². The van der Waals surface area contributed by atoms with Gasteiger partial charge in [0.15, 0.2) is 0 Å². The number of nitrogens with one attached hydrogen (secondary N) is 1. The summed E-state index contributed by atoms with van der Waals surface area (Å²) in [6, 6.07) is 10.2. The van der Waals surface area contributed by atoms with Crippen LogP contribution in [0.1, 0.15) is 65.2 Å². The van der Waals surface area contributed by atoms with Crippen molar-refractivity contribution in [3.8, 4) is 0 Å². The fourth-order valence-electron chi connectivity index (χ4n) is 4.18. The van der Waals surface area contributed by atoms with Crippen LogP contribution in [0.4, 0.5) is 5.69 Å². The third kappa shape index (κ3) is 3.80. The van der Waals surface area contributed by atoms with Crippen LogP contribution >= 0.6 is 0 Å². The van der Waals surface area contributed by atoms with Crippen LogP contribution in [-0.4, -0.2) is 29.4 Å². The molecule has 1 amide bonds. The van der Waals surface area contributed by atoms with Gasteiger partial charge in [0.2, 0.25) is 0 Å². The van der Waals surface area contributed by atoms with E-state index in [2.05, 4.69) is 40.4 Å². The molecule has 1 saturated carbocycles. The number of carbonyl (C=O) groups is 1. The first-order valence-electron chi connectivity index (χ1n) is 9.77. The van der Waals surface area contributed by atoms with Crippen molar-refractivity contribution in [2.24, 2.45) is 0 Å². The highest BCUT2D eigenvalue weighted by molar-refractivity contribution is 6.04. The maximum atomic E-state index is 12.6. The minimum atomic E-state index is -0.0638. The summed E-state index contributed by atoms with van der Waals surface area (Å²) in [5.74, 6) is 0.605. The van der Waals surface area contributed by atoms with Crippen LogP contribution in [0.25, 0.3) is 0 Å². The average Bonchev–Trinajstić information content (AvgIpc) is 2.68. The van der Waals surface area contributed by atoms with Crippen LogP contribution in [-0.2, 0) is 13.0 Å². The number of benzene rings is 1. The van der Waals surface area contributed by atoms with Crippen molar-refractivity contribution < 1.29 is 4.79 Å². The Morgan fingerprint density at radius 2 is 1.92 bits per heavy atom. The fraction of sp³-hybridized carbons (Fsp3) is 0.455. The number of pyridine rings is 1. The maximum absolute atomic E-state index is 12.6. The topological polar surface area (TPSA) is 45.2 Å². The van der Waals surface area contributed by atoms with E-state index in [9.17, 15) is 4.79 Å². The predicted molar refractivity (Wildman–Crippen MR) is 104 cm³/mol. The highest BCUT2D eigenvalue weighted by atomic mass is 16.1. The number of fused-ring (bicyclic) bond motifs is 1. The number of amides is 1. The zero-order valence-electron chi connectivity index (χ0n) is 15.5. The molecule has 0 spiro atoms. The van der Waals surface area contributed by atoms with Gasteiger partial charge in [-0.25, -0.2) is 0 Å². The number of carbonyl (C=O) groups excluding carboxylic acids is 1. The predicted octanol–water partition coefficient (Wildman–Crippen LogP) is 4.37. The van der Waals surface area contributed by atoms with Crippen molar-refractivity contribution in [1.82, 2.24) is 9.88 Å². The standard InChI is InChI=1S/C22H27N3O/c1-25-12-11-21-19(15-25)13-20(14-23-21)24-22(26)18-9-7-17(8-10-18)16-5-3-2-4-6-16/h7-10,13-14,16H,2-6,11-12,15H2,1H3,(H,24,26). The molecule has 0 bridgehead atoms. The Hall–Kier alpha value is -2.20. The molecule has 4 heteroatoms. The van der Waals surface area contributed by atoms with Gasteiger partial charge in [0.1, 0.15) is 0 Å². The van der Waals surface area contributed by atoms with Crippen molar-refractivity contribution in [3.05, 3.63) is 58.9 Å². The Balaban J connectivity index is 1.44. The van der Waals surface area contributed by atoms with Gasteiger partial charge in [-0.1, -0.05) is 31.4 Å². The van der Waals surface area contributed by atoms with Crippen molar-refractivity contribution >= 4 is 11.6 Å². The van der Waals surface area contributed by atoms with Crippen molar-refractivity contribution in [2.45, 2.75) is 51.0 Å². The molecule has 1 aliphatic heterocycles. The largest absolute Gasteiger partial charge is 0.321 e. The monoisotopic (exact) mass is 349 g/mol. The van der Waals surface area contributed by atoms with Gasteiger partial charge in [0.25, 0.3) is 5.91 Å². The first kappa shape index (κ1) is 17.2. The average molecular weight is 349 g/mol. The highest BCUT2D eigenvalue weighted by Crippen LogP contribution is 2.32. The van der Waals surface area contributed by atoms with Gasteiger partial charge in [-0.3, -0.25) is 9.78 Å². The second kappa shape index (κ2) is 7.58. The summed E-state index contributed by atoms with van der Waals surface area (Å²) in [6.45, 7) is 1.93. The summed E-state index contributed by atoms with van der Waals surface area (Å²) in [7, 11) is 2.11. The molecule has 1 N–H and O–H groups in total. The molecule has 2 heterocycles. The van der Waals surface area contributed by atoms with Crippen LogP contribution in [0.5, 0.6) is 0 Å². The number of rotatable bonds is 3. The lowest BCUT2D eigenvalue weighted by Crippen LogP contribution is -2.27. The maximum Gasteiger partial charge on any atom is 0.255 e. The van der Waals surface area contributed by atoms with E-state index in [1.807, 2.05) is 12.1 Å². The second-order valence-corrected chi connectivity index (χ2v) is 7.73. The zero-order chi connectivity index (χ0) is 17.9. The summed E-state index contributed by atoms with van der Waals surface area (Å²) in [6.07, 6.45) is 9.32. The van der Waals surface area contributed by atoms with Crippen LogP contribution in [0, 0.1) is 0 Å². The van der Waals surface area contributed by atoms with Crippen LogP contribution in [0.15, 0.2) is 36.5 Å². The Labute approximate surface area is 155 Å². The van der Waals surface area contributed by atoms with Crippen LogP contribution < -0.4 is 5.32 Å². The minimum absolute atomic E-state index is 0.0638. The first-order valence-corrected chi connectivity index (χ1v) is 9.77. The second-order valence-electron chi connectivity index (χ2n) is 7.73. The van der Waals surface area contributed by atoms with E-state index >= 15 is 0 Å². The number of anilines is 1. The van der Waals surface area contributed by atoms with E-state index in [0.29, 0.717) is 11.5 Å². The van der Waals surface area contributed by atoms with Crippen molar-refractivity contribution in [2.75, 3.05) is 18.9 Å². The van der Waals surface area contributed by atoms with Gasteiger partial charge in [0, 0.05) is 30.8 Å². The van der Waals surface area contributed by atoms with E-state index in [1.54, 1.807) is 6.20 Å². The van der Waals surface area contributed by atoms with Gasteiger partial charge in [-0.15, -0.1) is 0 Å². The summed E-state index contributed by atoms with van der Waals surface area (Å²) in [4.78, 5) is 19.4. The molecule has 136 valence electrons. The lowest BCUT2D eigenvalue weighted by atomic mass is 9.84. The molecule has 0 atom stereocenters. The molecule has 0 saturated heterocycles. The van der Waals surface area contributed by atoms with E-state index in [1.165, 1.54) is 43.2 Å². The zero-order valence-corrected chi connectivity index (χ0v) is 15.5. The van der Waals surface area contributed by atoms with Gasteiger partial charge >= 0.3 is 0 Å². The number of likely N-dealkylation sites (N-methyl/N-ethyl adjacent to an activating group) is 1. The molecule has 4 rings (SSSR count). The van der Waals surface area contributed by atoms with E-state index in [4.69, 9.17) is 0 Å². The van der Waals surface area contributed by atoms with Crippen LogP contribution in [0.2, 0.25) is 0 Å². The molecule has 2 aromatic rings. The molecule has 1 aliphatic carbocycles. The summed E-state index contributed by atoms with van der Waals surface area (Å²) in [5.41, 5.74) is 5.22. The van der Waals surface area contributed by atoms with Gasteiger partial charge in [-0.2, -0.15) is 0 Å². The van der Waals surface area contributed by atoms with Crippen molar-refractivity contribution in [1.29, 1.82) is 0 Å². The van der Waals surface area contributed by atoms with E-state index in [0.717, 1.165) is 30.9 Å². The number of aromatic nitrogens is 1. The normalized spacial score (nSPS) is 18.3. The molecule has 0 radical (unpaired) electrons. The molecule has 0 unspecified atom stereocenters. The SMILES string of the molecule is CN1CCc2ncc(NC(=O)c3ccc(C4CCCCC4)cc3)cc2C1. The Bertz CT molecular complexity index is 778. The number of hydrogen-bond acceptors (Lipinski definition) is 3. The Morgan fingerprint density at radius 3 is 2.69 bits per heavy atom. The third-order valence-corrected chi connectivity index (χ3v) is 5.74. The van der Waals surface area contributed by atoms with Crippen molar-refractivity contribution in [3.63, 3.8) is 0 Å². The Kier molecular flexibility index (Phi) is 5.02. The number of nitrogens with zero attached hydrogens (tertiary/aromatic N) is 2. The van der Waals surface area contributed by atoms with E-state index < -0.39 is 0 Å². The lowest BCUT2D eigenvalue weighted by molar-refractivity contribution is 0.102. The fourth-order valence-corrected chi connectivity index (χ4v) is 4.18. The highest BCUT2D eigenvalue weighted by Gasteiger charge is 2.17. The Morgan fingerprint density at radius 1 is 1.15 bits per heavy atom. The quantitative estimate of drug-likeness (QED) is 0.895. The first-order chi connectivity index (χ1) is 12.7. The molecule has 1 fully saturated rings. The number of hydrogen-bond donors (Lipinski definition) is 1. The van der Waals surface area contributed by atoms with Crippen LogP contribution in [0.3, 0.4) is 0 Å². The van der Waals surface area contributed by atoms with Gasteiger partial charge < -0.3 is 10.2 Å². The minimum Gasteiger partial charge on any atom is -0.321 e. The summed E-state index contributed by atoms with van der Waals surface area (Å²) in [5, 5.41) is 3.00. The third-order valence-electron chi connectivity index (χ3n) is 5.74. The molecule has 1 aromatic heterocycles. The smallest absolute Gasteiger partial charge is 0.255 e. The summed E-state index contributed by atoms with van der Waals surface area (Å²) < 4.78 is 0. The van der Waals surface area contributed by atoms with Gasteiger partial charge in [-0.05, 0) is 55.1 Å². The molecular formula is C22H27N3O. The molecule has 4 nitrogen and oxygen atoms in total. The molecule has 1 aromatic carbocycles. The molecular weight excluding hydrogens is 322 g/mol. The summed E-state index contributed by atoms with van der Waals surface area (Å²) >= 11 is 0.